The molecule has 144 valence electrons. The number of hydrogen-bond acceptors (Lipinski definition) is 4. The number of benzene rings is 1. The van der Waals surface area contributed by atoms with Crippen molar-refractivity contribution in [3.63, 3.8) is 0 Å². The summed E-state index contributed by atoms with van der Waals surface area (Å²) in [6, 6.07) is 5.27. The van der Waals surface area contributed by atoms with Gasteiger partial charge in [0.25, 0.3) is 0 Å². The lowest BCUT2D eigenvalue weighted by molar-refractivity contribution is -0.136. The van der Waals surface area contributed by atoms with Crippen LogP contribution in [-0.2, 0) is 14.8 Å². The number of carbonyl (C=O) groups excluding carboxylic acids is 1. The van der Waals surface area contributed by atoms with Crippen LogP contribution in [0.3, 0.4) is 0 Å². The summed E-state index contributed by atoms with van der Waals surface area (Å²) in [5.41, 5.74) is 2.06. The molecule has 0 unspecified atom stereocenters. The summed E-state index contributed by atoms with van der Waals surface area (Å²) in [7, 11) is -3.48. The van der Waals surface area contributed by atoms with E-state index < -0.39 is 10.0 Å². The molecule has 1 aromatic carbocycles. The van der Waals surface area contributed by atoms with Crippen molar-refractivity contribution in [2.45, 2.75) is 38.0 Å². The number of nitrogens with one attached hydrogen (secondary N) is 1. The van der Waals surface area contributed by atoms with Gasteiger partial charge in [-0.05, 0) is 62.9 Å². The highest BCUT2D eigenvalue weighted by molar-refractivity contribution is 7.89. The summed E-state index contributed by atoms with van der Waals surface area (Å²) in [6.45, 7) is 8.07. The molecule has 0 atom stereocenters. The van der Waals surface area contributed by atoms with Crippen molar-refractivity contribution < 1.29 is 13.2 Å². The third kappa shape index (κ3) is 4.10. The quantitative estimate of drug-likeness (QED) is 0.865. The van der Waals surface area contributed by atoms with Crippen LogP contribution >= 0.6 is 0 Å². The van der Waals surface area contributed by atoms with E-state index in [-0.39, 0.29) is 11.8 Å². The molecule has 2 aliphatic rings. The second kappa shape index (κ2) is 8.06. The number of nitrogens with zero attached hydrogens (tertiary/aromatic N) is 2. The molecule has 0 aromatic heterocycles. The minimum absolute atomic E-state index is 0.0562. The van der Waals surface area contributed by atoms with Crippen LogP contribution in [0.25, 0.3) is 0 Å². The fourth-order valence-electron chi connectivity index (χ4n) is 3.69. The van der Waals surface area contributed by atoms with Crippen LogP contribution in [0, 0.1) is 19.8 Å². The molecule has 6 nitrogen and oxygen atoms in total. The maximum atomic E-state index is 12.9. The van der Waals surface area contributed by atoms with Crippen LogP contribution in [0.5, 0.6) is 0 Å². The summed E-state index contributed by atoms with van der Waals surface area (Å²) in [6.07, 6.45) is 2.19. The van der Waals surface area contributed by atoms with Crippen molar-refractivity contribution in [1.82, 2.24) is 14.5 Å². The van der Waals surface area contributed by atoms with E-state index in [2.05, 4.69) is 5.32 Å². The first-order valence-corrected chi connectivity index (χ1v) is 10.9. The van der Waals surface area contributed by atoms with Crippen LogP contribution in [0.1, 0.15) is 30.4 Å². The Labute approximate surface area is 156 Å². The average Bonchev–Trinajstić information content (AvgIpc) is 2.93. The molecule has 2 heterocycles. The zero-order valence-electron chi connectivity index (χ0n) is 15.7. The number of aryl methyl sites for hydroxylation is 2. The highest BCUT2D eigenvalue weighted by Crippen LogP contribution is 2.26. The Kier molecular flexibility index (Phi) is 5.99. The molecule has 2 aliphatic heterocycles. The van der Waals surface area contributed by atoms with Gasteiger partial charge >= 0.3 is 0 Å². The van der Waals surface area contributed by atoms with Gasteiger partial charge in [0, 0.05) is 38.6 Å². The van der Waals surface area contributed by atoms with Gasteiger partial charge in [0.05, 0.1) is 4.90 Å². The topological polar surface area (TPSA) is 69.7 Å². The van der Waals surface area contributed by atoms with Gasteiger partial charge in [-0.2, -0.15) is 4.31 Å². The number of piperidine rings is 1. The molecular weight excluding hydrogens is 350 g/mol. The molecule has 0 spiro atoms. The van der Waals surface area contributed by atoms with Crippen LogP contribution in [0.2, 0.25) is 0 Å². The first-order chi connectivity index (χ1) is 12.4. The van der Waals surface area contributed by atoms with Gasteiger partial charge in [-0.25, -0.2) is 8.42 Å². The van der Waals surface area contributed by atoms with Gasteiger partial charge in [0.15, 0.2) is 0 Å². The standard InChI is InChI=1S/C19H29N3O3S/c1-15-4-5-18(14-16(15)2)26(24,25)22-11-6-17(7-12-22)19(23)21-10-3-8-20-9-13-21/h4-5,14,17,20H,3,6-13H2,1-2H3. The monoisotopic (exact) mass is 379 g/mol. The largest absolute Gasteiger partial charge is 0.341 e. The second-order valence-electron chi connectivity index (χ2n) is 7.35. The van der Waals surface area contributed by atoms with E-state index in [1.54, 1.807) is 12.1 Å². The van der Waals surface area contributed by atoms with E-state index in [1.165, 1.54) is 4.31 Å². The van der Waals surface area contributed by atoms with Crippen LogP contribution in [0.15, 0.2) is 23.1 Å². The van der Waals surface area contributed by atoms with E-state index in [1.807, 2.05) is 24.8 Å². The number of amides is 1. The molecule has 7 heteroatoms. The summed E-state index contributed by atoms with van der Waals surface area (Å²) < 4.78 is 27.3. The van der Waals surface area contributed by atoms with Crippen molar-refractivity contribution in [1.29, 1.82) is 0 Å². The zero-order chi connectivity index (χ0) is 18.7. The number of carbonyl (C=O) groups is 1. The van der Waals surface area contributed by atoms with E-state index in [4.69, 9.17) is 0 Å². The Bertz CT molecular complexity index is 747. The molecular formula is C19H29N3O3S. The summed E-state index contributed by atoms with van der Waals surface area (Å²) in [5, 5.41) is 3.31. The number of rotatable bonds is 3. The molecule has 1 N–H and O–H groups in total. The van der Waals surface area contributed by atoms with Gasteiger partial charge in [-0.1, -0.05) is 6.07 Å². The Hall–Kier alpha value is -1.44. The summed E-state index contributed by atoms with van der Waals surface area (Å²) in [5.74, 6) is 0.135. The predicted molar refractivity (Wildman–Crippen MR) is 101 cm³/mol. The highest BCUT2D eigenvalue weighted by atomic mass is 32.2. The highest BCUT2D eigenvalue weighted by Gasteiger charge is 2.34. The molecule has 3 rings (SSSR count). The number of sulfonamides is 1. The van der Waals surface area contributed by atoms with E-state index >= 15 is 0 Å². The Morgan fingerprint density at radius 2 is 1.77 bits per heavy atom. The van der Waals surface area contributed by atoms with Crippen molar-refractivity contribution in [2.75, 3.05) is 39.3 Å². The molecule has 26 heavy (non-hydrogen) atoms. The Morgan fingerprint density at radius 3 is 2.46 bits per heavy atom. The maximum Gasteiger partial charge on any atom is 0.243 e. The maximum absolute atomic E-state index is 12.9. The lowest BCUT2D eigenvalue weighted by Crippen LogP contribution is -2.45. The first kappa shape index (κ1) is 19.3. The van der Waals surface area contributed by atoms with Crippen LogP contribution in [-0.4, -0.2) is 62.8 Å². The third-order valence-corrected chi connectivity index (χ3v) is 7.47. The molecule has 2 saturated heterocycles. The molecule has 0 saturated carbocycles. The SMILES string of the molecule is Cc1ccc(S(=O)(=O)N2CCC(C(=O)N3CCCNCC3)CC2)cc1C. The van der Waals surface area contributed by atoms with Gasteiger partial charge in [-0.15, -0.1) is 0 Å². The summed E-state index contributed by atoms with van der Waals surface area (Å²) >= 11 is 0. The van der Waals surface area contributed by atoms with Crippen molar-refractivity contribution in [3.8, 4) is 0 Å². The molecule has 0 bridgehead atoms. The molecule has 1 amide bonds. The van der Waals surface area contributed by atoms with Gasteiger partial charge in [-0.3, -0.25) is 4.79 Å². The van der Waals surface area contributed by atoms with Gasteiger partial charge in [0.1, 0.15) is 0 Å². The summed E-state index contributed by atoms with van der Waals surface area (Å²) in [4.78, 5) is 15.0. The van der Waals surface area contributed by atoms with Crippen molar-refractivity contribution in [3.05, 3.63) is 29.3 Å². The Balaban J connectivity index is 1.63. The lowest BCUT2D eigenvalue weighted by atomic mass is 9.96. The van der Waals surface area contributed by atoms with Gasteiger partial charge in [0.2, 0.25) is 15.9 Å². The van der Waals surface area contributed by atoms with E-state index in [9.17, 15) is 13.2 Å². The van der Waals surface area contributed by atoms with Crippen molar-refractivity contribution in [2.24, 2.45) is 5.92 Å². The molecule has 2 fully saturated rings. The molecule has 1 aromatic rings. The van der Waals surface area contributed by atoms with E-state index in [0.29, 0.717) is 30.8 Å². The second-order valence-corrected chi connectivity index (χ2v) is 9.29. The number of hydrogen-bond donors (Lipinski definition) is 1. The smallest absolute Gasteiger partial charge is 0.243 e. The van der Waals surface area contributed by atoms with Crippen LogP contribution in [0.4, 0.5) is 0 Å². The minimum Gasteiger partial charge on any atom is -0.341 e. The van der Waals surface area contributed by atoms with Gasteiger partial charge < -0.3 is 10.2 Å². The first-order valence-electron chi connectivity index (χ1n) is 9.46. The predicted octanol–water partition coefficient (Wildman–Crippen LogP) is 1.53. The van der Waals surface area contributed by atoms with Crippen molar-refractivity contribution >= 4 is 15.9 Å². The lowest BCUT2D eigenvalue weighted by Gasteiger charge is -2.33. The Morgan fingerprint density at radius 1 is 1.04 bits per heavy atom. The van der Waals surface area contributed by atoms with Crippen LogP contribution < -0.4 is 5.32 Å². The normalized spacial score (nSPS) is 20.8. The molecule has 0 radical (unpaired) electrons. The third-order valence-electron chi connectivity index (χ3n) is 5.57. The average molecular weight is 380 g/mol. The molecule has 0 aliphatic carbocycles. The fraction of sp³-hybridized carbons (Fsp3) is 0.632. The fourth-order valence-corrected chi connectivity index (χ4v) is 5.25. The minimum atomic E-state index is -3.48. The van der Waals surface area contributed by atoms with E-state index in [0.717, 1.165) is 43.7 Å². The zero-order valence-corrected chi connectivity index (χ0v) is 16.5.